The SMILES string of the molecule is CO[C@@H]1CCC[C@]12CCCN(C(=O)c1ccccc1Cl)C2. The van der Waals surface area contributed by atoms with Crippen LogP contribution in [0.15, 0.2) is 24.3 Å². The first kappa shape index (κ1) is 14.9. The Morgan fingerprint density at radius 3 is 2.86 bits per heavy atom. The number of rotatable bonds is 2. The van der Waals surface area contributed by atoms with Gasteiger partial charge < -0.3 is 9.64 Å². The van der Waals surface area contributed by atoms with Crippen molar-refractivity contribution >= 4 is 17.5 Å². The smallest absolute Gasteiger partial charge is 0.255 e. The molecule has 114 valence electrons. The molecule has 1 heterocycles. The third kappa shape index (κ3) is 2.69. The molecule has 3 nitrogen and oxygen atoms in total. The van der Waals surface area contributed by atoms with Crippen LogP contribution in [0, 0.1) is 5.41 Å². The number of benzene rings is 1. The molecule has 3 rings (SSSR count). The van der Waals surface area contributed by atoms with Gasteiger partial charge in [-0.05, 0) is 37.8 Å². The minimum atomic E-state index is 0.0569. The summed E-state index contributed by atoms with van der Waals surface area (Å²) in [4.78, 5) is 14.7. The second-order valence-corrected chi connectivity index (χ2v) is 6.70. The number of amides is 1. The molecule has 1 aliphatic heterocycles. The summed E-state index contributed by atoms with van der Waals surface area (Å²) in [5.41, 5.74) is 0.771. The molecule has 0 aromatic heterocycles. The molecule has 0 radical (unpaired) electrons. The summed E-state index contributed by atoms with van der Waals surface area (Å²) in [6.07, 6.45) is 5.99. The lowest BCUT2D eigenvalue weighted by Crippen LogP contribution is -2.49. The van der Waals surface area contributed by atoms with Gasteiger partial charge in [0.25, 0.3) is 5.91 Å². The summed E-state index contributed by atoms with van der Waals surface area (Å²) in [5, 5.41) is 0.539. The monoisotopic (exact) mass is 307 g/mol. The number of likely N-dealkylation sites (tertiary alicyclic amines) is 1. The Kier molecular flexibility index (Phi) is 4.23. The van der Waals surface area contributed by atoms with E-state index in [-0.39, 0.29) is 11.3 Å². The second kappa shape index (κ2) is 5.98. The number of nitrogens with zero attached hydrogens (tertiary/aromatic N) is 1. The summed E-state index contributed by atoms with van der Waals surface area (Å²) in [6, 6.07) is 7.32. The van der Waals surface area contributed by atoms with Gasteiger partial charge in [-0.2, -0.15) is 0 Å². The van der Waals surface area contributed by atoms with E-state index in [0.29, 0.717) is 16.7 Å². The van der Waals surface area contributed by atoms with Gasteiger partial charge in [0.15, 0.2) is 0 Å². The van der Waals surface area contributed by atoms with Crippen molar-refractivity contribution in [2.45, 2.75) is 38.2 Å². The summed E-state index contributed by atoms with van der Waals surface area (Å²) in [6.45, 7) is 1.62. The summed E-state index contributed by atoms with van der Waals surface area (Å²) in [5.74, 6) is 0.0569. The minimum absolute atomic E-state index is 0.0569. The average Bonchev–Trinajstić information content (AvgIpc) is 2.89. The van der Waals surface area contributed by atoms with Crippen LogP contribution >= 0.6 is 11.6 Å². The summed E-state index contributed by atoms with van der Waals surface area (Å²) < 4.78 is 5.70. The molecule has 2 aliphatic rings. The van der Waals surface area contributed by atoms with E-state index in [0.717, 1.165) is 38.8 Å². The van der Waals surface area contributed by atoms with Gasteiger partial charge in [0.1, 0.15) is 0 Å². The predicted molar refractivity (Wildman–Crippen MR) is 83.7 cm³/mol. The van der Waals surface area contributed by atoms with Gasteiger partial charge in [-0.25, -0.2) is 0 Å². The molecule has 1 aromatic carbocycles. The largest absolute Gasteiger partial charge is 0.381 e. The first-order valence-electron chi connectivity index (χ1n) is 7.73. The van der Waals surface area contributed by atoms with Crippen LogP contribution in [-0.4, -0.2) is 37.1 Å². The van der Waals surface area contributed by atoms with Crippen molar-refractivity contribution in [3.05, 3.63) is 34.9 Å². The fourth-order valence-electron chi connectivity index (χ4n) is 4.08. The molecule has 2 fully saturated rings. The Morgan fingerprint density at radius 1 is 1.33 bits per heavy atom. The van der Waals surface area contributed by atoms with E-state index in [4.69, 9.17) is 16.3 Å². The predicted octanol–water partition coefficient (Wildman–Crippen LogP) is 3.76. The van der Waals surface area contributed by atoms with Crippen LogP contribution in [0.2, 0.25) is 5.02 Å². The third-order valence-corrected chi connectivity index (χ3v) is 5.44. The summed E-state index contributed by atoms with van der Waals surface area (Å²) in [7, 11) is 1.80. The van der Waals surface area contributed by atoms with Gasteiger partial charge in [-0.3, -0.25) is 4.79 Å². The zero-order valence-corrected chi connectivity index (χ0v) is 13.2. The van der Waals surface area contributed by atoms with Crippen molar-refractivity contribution in [2.24, 2.45) is 5.41 Å². The second-order valence-electron chi connectivity index (χ2n) is 6.29. The Hall–Kier alpha value is -1.06. The number of hydrogen-bond donors (Lipinski definition) is 0. The third-order valence-electron chi connectivity index (χ3n) is 5.11. The van der Waals surface area contributed by atoms with E-state index in [9.17, 15) is 4.79 Å². The zero-order chi connectivity index (χ0) is 14.9. The van der Waals surface area contributed by atoms with Crippen LogP contribution in [0.25, 0.3) is 0 Å². The molecule has 1 amide bonds. The molecule has 2 atom stereocenters. The van der Waals surface area contributed by atoms with Crippen molar-refractivity contribution in [2.75, 3.05) is 20.2 Å². The molecule has 1 saturated heterocycles. The van der Waals surface area contributed by atoms with E-state index < -0.39 is 0 Å². The van der Waals surface area contributed by atoms with E-state index in [1.807, 2.05) is 23.1 Å². The van der Waals surface area contributed by atoms with Crippen molar-refractivity contribution in [3.63, 3.8) is 0 Å². The average molecular weight is 308 g/mol. The normalized spacial score (nSPS) is 29.0. The molecule has 1 saturated carbocycles. The maximum absolute atomic E-state index is 12.8. The van der Waals surface area contributed by atoms with Crippen LogP contribution < -0.4 is 0 Å². The van der Waals surface area contributed by atoms with Crippen molar-refractivity contribution in [3.8, 4) is 0 Å². The Labute approximate surface area is 131 Å². The van der Waals surface area contributed by atoms with Gasteiger partial charge in [0.2, 0.25) is 0 Å². The van der Waals surface area contributed by atoms with Gasteiger partial charge in [-0.1, -0.05) is 30.2 Å². The molecule has 1 spiro atoms. The molecule has 0 N–H and O–H groups in total. The van der Waals surface area contributed by atoms with Gasteiger partial charge >= 0.3 is 0 Å². The molecule has 4 heteroatoms. The fourth-order valence-corrected chi connectivity index (χ4v) is 4.30. The van der Waals surface area contributed by atoms with Crippen LogP contribution in [0.1, 0.15) is 42.5 Å². The Bertz CT molecular complexity index is 533. The minimum Gasteiger partial charge on any atom is -0.381 e. The highest BCUT2D eigenvalue weighted by molar-refractivity contribution is 6.33. The van der Waals surface area contributed by atoms with Crippen molar-refractivity contribution < 1.29 is 9.53 Å². The fraction of sp³-hybridized carbons (Fsp3) is 0.588. The number of methoxy groups -OCH3 is 1. The Balaban J connectivity index is 1.80. The van der Waals surface area contributed by atoms with Crippen molar-refractivity contribution in [1.82, 2.24) is 4.90 Å². The van der Waals surface area contributed by atoms with E-state index >= 15 is 0 Å². The van der Waals surface area contributed by atoms with E-state index in [1.54, 1.807) is 13.2 Å². The number of halogens is 1. The highest BCUT2D eigenvalue weighted by Gasteiger charge is 2.46. The highest BCUT2D eigenvalue weighted by Crippen LogP contribution is 2.46. The van der Waals surface area contributed by atoms with E-state index in [1.165, 1.54) is 6.42 Å². The number of hydrogen-bond acceptors (Lipinski definition) is 2. The highest BCUT2D eigenvalue weighted by atomic mass is 35.5. The molecular formula is C17H22ClNO2. The molecule has 21 heavy (non-hydrogen) atoms. The lowest BCUT2D eigenvalue weighted by molar-refractivity contribution is -0.0295. The quantitative estimate of drug-likeness (QED) is 0.832. The first-order valence-corrected chi connectivity index (χ1v) is 8.11. The summed E-state index contributed by atoms with van der Waals surface area (Å²) >= 11 is 6.17. The van der Waals surface area contributed by atoms with Crippen LogP contribution in [-0.2, 0) is 4.74 Å². The maximum Gasteiger partial charge on any atom is 0.255 e. The lowest BCUT2D eigenvalue weighted by Gasteiger charge is -2.43. The molecule has 0 unspecified atom stereocenters. The van der Waals surface area contributed by atoms with E-state index in [2.05, 4.69) is 0 Å². The van der Waals surface area contributed by atoms with Gasteiger partial charge in [-0.15, -0.1) is 0 Å². The van der Waals surface area contributed by atoms with Crippen LogP contribution in [0.3, 0.4) is 0 Å². The molecular weight excluding hydrogens is 286 g/mol. The lowest BCUT2D eigenvalue weighted by atomic mass is 9.76. The topological polar surface area (TPSA) is 29.5 Å². The number of carbonyl (C=O) groups is 1. The van der Waals surface area contributed by atoms with Crippen molar-refractivity contribution in [1.29, 1.82) is 0 Å². The number of piperidine rings is 1. The number of carbonyl (C=O) groups excluding carboxylic acids is 1. The Morgan fingerprint density at radius 2 is 2.10 bits per heavy atom. The molecule has 1 aliphatic carbocycles. The van der Waals surface area contributed by atoms with Crippen LogP contribution in [0.4, 0.5) is 0 Å². The molecule has 0 bridgehead atoms. The van der Waals surface area contributed by atoms with Crippen LogP contribution in [0.5, 0.6) is 0 Å². The maximum atomic E-state index is 12.8. The molecule has 1 aromatic rings. The zero-order valence-electron chi connectivity index (χ0n) is 12.5. The number of ether oxygens (including phenoxy) is 1. The standard InChI is InChI=1S/C17H22ClNO2/c1-21-15-8-4-9-17(15)10-5-11-19(12-17)16(20)13-6-2-3-7-14(13)18/h2-3,6-7,15H,4-5,8-12H2,1H3/t15-,17-/m1/s1. The van der Waals surface area contributed by atoms with Gasteiger partial charge in [0, 0.05) is 25.6 Å². The first-order chi connectivity index (χ1) is 10.2. The van der Waals surface area contributed by atoms with Gasteiger partial charge in [0.05, 0.1) is 16.7 Å².